The minimum atomic E-state index is 0.204. The van der Waals surface area contributed by atoms with Gasteiger partial charge in [0.05, 0.1) is 26.0 Å². The van der Waals surface area contributed by atoms with Gasteiger partial charge in [-0.2, -0.15) is 0 Å². The minimum absolute atomic E-state index is 0.204. The highest BCUT2D eigenvalue weighted by molar-refractivity contribution is 7.14. The van der Waals surface area contributed by atoms with Crippen molar-refractivity contribution in [2.75, 3.05) is 19.5 Å². The second kappa shape index (κ2) is 7.36. The molecule has 4 nitrogen and oxygen atoms in total. The van der Waals surface area contributed by atoms with Crippen LogP contribution in [0, 0.1) is 0 Å². The fraction of sp³-hybridized carbons (Fsp3) is 0.211. The van der Waals surface area contributed by atoms with E-state index in [1.807, 2.05) is 41.8 Å². The third-order valence-electron chi connectivity index (χ3n) is 3.82. The van der Waals surface area contributed by atoms with Crippen molar-refractivity contribution in [1.29, 1.82) is 0 Å². The van der Waals surface area contributed by atoms with E-state index in [1.165, 1.54) is 5.56 Å². The van der Waals surface area contributed by atoms with E-state index < -0.39 is 0 Å². The molecule has 1 N–H and O–H groups in total. The molecule has 0 spiro atoms. The highest BCUT2D eigenvalue weighted by Crippen LogP contribution is 2.34. The normalized spacial score (nSPS) is 11.8. The van der Waals surface area contributed by atoms with E-state index in [4.69, 9.17) is 9.47 Å². The number of thiazole rings is 1. The predicted molar refractivity (Wildman–Crippen MR) is 99.1 cm³/mol. The maximum Gasteiger partial charge on any atom is 0.183 e. The van der Waals surface area contributed by atoms with Crippen molar-refractivity contribution >= 4 is 16.5 Å². The first kappa shape index (κ1) is 16.3. The summed E-state index contributed by atoms with van der Waals surface area (Å²) >= 11 is 1.60. The van der Waals surface area contributed by atoms with E-state index in [1.54, 1.807) is 25.6 Å². The molecule has 2 aromatic carbocycles. The van der Waals surface area contributed by atoms with E-state index >= 15 is 0 Å². The topological polar surface area (TPSA) is 43.4 Å². The highest BCUT2D eigenvalue weighted by atomic mass is 32.1. The molecule has 5 heteroatoms. The van der Waals surface area contributed by atoms with Gasteiger partial charge in [0.15, 0.2) is 16.6 Å². The van der Waals surface area contributed by atoms with Gasteiger partial charge in [-0.05, 0) is 30.7 Å². The van der Waals surface area contributed by atoms with Crippen LogP contribution in [-0.2, 0) is 0 Å². The van der Waals surface area contributed by atoms with E-state index in [-0.39, 0.29) is 6.04 Å². The van der Waals surface area contributed by atoms with Crippen molar-refractivity contribution in [3.05, 3.63) is 59.5 Å². The van der Waals surface area contributed by atoms with Crippen molar-refractivity contribution in [3.63, 3.8) is 0 Å². The SMILES string of the molecule is COc1ccc(-c2csc(N[C@@H](C)c3ccccc3)n2)cc1OC. The molecule has 124 valence electrons. The molecule has 1 heterocycles. The van der Waals surface area contributed by atoms with Gasteiger partial charge in [-0.3, -0.25) is 0 Å². The number of benzene rings is 2. The molecular formula is C19H20N2O2S. The summed E-state index contributed by atoms with van der Waals surface area (Å²) in [4.78, 5) is 4.69. The lowest BCUT2D eigenvalue weighted by molar-refractivity contribution is 0.355. The molecule has 0 fully saturated rings. The molecule has 0 unspecified atom stereocenters. The molecule has 0 saturated carbocycles. The first-order valence-electron chi connectivity index (χ1n) is 7.70. The second-order valence-corrected chi connectivity index (χ2v) is 6.24. The van der Waals surface area contributed by atoms with E-state index in [9.17, 15) is 0 Å². The lowest BCUT2D eigenvalue weighted by Crippen LogP contribution is -2.05. The number of anilines is 1. The predicted octanol–water partition coefficient (Wildman–Crippen LogP) is 5.00. The molecule has 0 aliphatic heterocycles. The van der Waals surface area contributed by atoms with E-state index in [2.05, 4.69) is 29.4 Å². The lowest BCUT2D eigenvalue weighted by Gasteiger charge is -2.12. The van der Waals surface area contributed by atoms with Crippen LogP contribution in [0.5, 0.6) is 11.5 Å². The number of methoxy groups -OCH3 is 2. The summed E-state index contributed by atoms with van der Waals surface area (Å²) in [6.07, 6.45) is 0. The molecule has 0 aliphatic rings. The summed E-state index contributed by atoms with van der Waals surface area (Å²) in [6, 6.07) is 16.4. The first-order chi connectivity index (χ1) is 11.7. The van der Waals surface area contributed by atoms with Crippen LogP contribution in [0.3, 0.4) is 0 Å². The van der Waals surface area contributed by atoms with Crippen molar-refractivity contribution in [1.82, 2.24) is 4.98 Å². The Hall–Kier alpha value is -2.53. The number of nitrogens with zero attached hydrogens (tertiary/aromatic N) is 1. The largest absolute Gasteiger partial charge is 0.493 e. The van der Waals surface area contributed by atoms with Crippen LogP contribution < -0.4 is 14.8 Å². The van der Waals surface area contributed by atoms with Crippen molar-refractivity contribution in [2.24, 2.45) is 0 Å². The van der Waals surface area contributed by atoms with Crippen LogP contribution >= 0.6 is 11.3 Å². The average Bonchev–Trinajstić information content (AvgIpc) is 3.10. The Balaban J connectivity index is 1.78. The maximum atomic E-state index is 5.36. The number of nitrogens with one attached hydrogen (secondary N) is 1. The van der Waals surface area contributed by atoms with Crippen LogP contribution in [0.1, 0.15) is 18.5 Å². The van der Waals surface area contributed by atoms with Gasteiger partial charge < -0.3 is 14.8 Å². The van der Waals surface area contributed by atoms with Crippen LogP contribution in [0.25, 0.3) is 11.3 Å². The van der Waals surface area contributed by atoms with Crippen LogP contribution in [-0.4, -0.2) is 19.2 Å². The first-order valence-corrected chi connectivity index (χ1v) is 8.58. The molecule has 0 amide bonds. The fourth-order valence-corrected chi connectivity index (χ4v) is 3.29. The average molecular weight is 340 g/mol. The van der Waals surface area contributed by atoms with Crippen LogP contribution in [0.2, 0.25) is 0 Å². The molecule has 0 aliphatic carbocycles. The van der Waals surface area contributed by atoms with Crippen LogP contribution in [0.15, 0.2) is 53.9 Å². The Kier molecular flexibility index (Phi) is 5.01. The summed E-state index contributed by atoms with van der Waals surface area (Å²) in [5.41, 5.74) is 3.16. The summed E-state index contributed by atoms with van der Waals surface area (Å²) < 4.78 is 10.6. The number of hydrogen-bond acceptors (Lipinski definition) is 5. The Morgan fingerprint density at radius 2 is 1.75 bits per heavy atom. The number of rotatable bonds is 6. The minimum Gasteiger partial charge on any atom is -0.493 e. The van der Waals surface area contributed by atoms with Gasteiger partial charge in [-0.25, -0.2) is 4.98 Å². The number of aromatic nitrogens is 1. The summed E-state index contributed by atoms with van der Waals surface area (Å²) in [7, 11) is 3.27. The second-order valence-electron chi connectivity index (χ2n) is 5.38. The van der Waals surface area contributed by atoms with Crippen molar-refractivity contribution in [3.8, 4) is 22.8 Å². The Labute approximate surface area is 146 Å². The van der Waals surface area contributed by atoms with Gasteiger partial charge in [0, 0.05) is 10.9 Å². The molecule has 0 radical (unpaired) electrons. The maximum absolute atomic E-state index is 5.36. The number of ether oxygens (including phenoxy) is 2. The van der Waals surface area contributed by atoms with Gasteiger partial charge in [-0.15, -0.1) is 11.3 Å². The number of hydrogen-bond donors (Lipinski definition) is 1. The van der Waals surface area contributed by atoms with E-state index in [0.717, 1.165) is 16.4 Å². The monoisotopic (exact) mass is 340 g/mol. The third-order valence-corrected chi connectivity index (χ3v) is 4.60. The van der Waals surface area contributed by atoms with Gasteiger partial charge in [-0.1, -0.05) is 30.3 Å². The Morgan fingerprint density at radius 3 is 2.46 bits per heavy atom. The fourth-order valence-electron chi connectivity index (χ4n) is 2.48. The smallest absolute Gasteiger partial charge is 0.183 e. The summed E-state index contributed by atoms with van der Waals surface area (Å²) in [5.74, 6) is 1.42. The van der Waals surface area contributed by atoms with Gasteiger partial charge in [0.25, 0.3) is 0 Å². The molecule has 1 aromatic heterocycles. The highest BCUT2D eigenvalue weighted by Gasteiger charge is 2.11. The molecule has 0 bridgehead atoms. The molecule has 24 heavy (non-hydrogen) atoms. The van der Waals surface area contributed by atoms with Gasteiger partial charge in [0.2, 0.25) is 0 Å². The molecule has 1 atom stereocenters. The lowest BCUT2D eigenvalue weighted by atomic mass is 10.1. The molecule has 3 rings (SSSR count). The Morgan fingerprint density at radius 1 is 1.00 bits per heavy atom. The zero-order valence-electron chi connectivity index (χ0n) is 13.9. The third kappa shape index (κ3) is 3.51. The van der Waals surface area contributed by atoms with Gasteiger partial charge >= 0.3 is 0 Å². The molecule has 0 saturated heterocycles. The molecule has 3 aromatic rings. The van der Waals surface area contributed by atoms with Gasteiger partial charge in [0.1, 0.15) is 0 Å². The van der Waals surface area contributed by atoms with Crippen molar-refractivity contribution < 1.29 is 9.47 Å². The molecular weight excluding hydrogens is 320 g/mol. The van der Waals surface area contributed by atoms with E-state index in [0.29, 0.717) is 11.5 Å². The van der Waals surface area contributed by atoms with Crippen LogP contribution in [0.4, 0.5) is 5.13 Å². The quantitative estimate of drug-likeness (QED) is 0.686. The standard InChI is InChI=1S/C19H20N2O2S/c1-13(14-7-5-4-6-8-14)20-19-21-16(12-24-19)15-9-10-17(22-2)18(11-15)23-3/h4-13H,1-3H3,(H,20,21)/t13-/m0/s1. The zero-order chi connectivity index (χ0) is 16.9. The Bertz CT molecular complexity index is 802. The summed E-state index contributed by atoms with van der Waals surface area (Å²) in [6.45, 7) is 2.13. The van der Waals surface area contributed by atoms with Crippen molar-refractivity contribution in [2.45, 2.75) is 13.0 Å². The zero-order valence-corrected chi connectivity index (χ0v) is 14.8. The summed E-state index contributed by atoms with van der Waals surface area (Å²) in [5, 5.41) is 6.39.